The van der Waals surface area contributed by atoms with E-state index >= 15 is 4.39 Å². The third-order valence-electron chi connectivity index (χ3n) is 6.10. The molecule has 40 heavy (non-hydrogen) atoms. The zero-order chi connectivity index (χ0) is 29.0. The summed E-state index contributed by atoms with van der Waals surface area (Å²) in [6.07, 6.45) is 0. The van der Waals surface area contributed by atoms with Gasteiger partial charge < -0.3 is 14.8 Å². The molecule has 0 aliphatic rings. The lowest BCUT2D eigenvalue weighted by Gasteiger charge is -2.25. The number of ether oxygens (including phenoxy) is 2. The van der Waals surface area contributed by atoms with Gasteiger partial charge in [-0.2, -0.15) is 4.39 Å². The van der Waals surface area contributed by atoms with Crippen LogP contribution < -0.4 is 19.1 Å². The minimum absolute atomic E-state index is 0.0481. The molecule has 0 saturated carbocycles. The number of benzene rings is 3. The highest BCUT2D eigenvalue weighted by Crippen LogP contribution is 2.36. The number of methoxy groups -OCH3 is 2. The lowest BCUT2D eigenvalue weighted by molar-refractivity contribution is 0.391. The zero-order valence-electron chi connectivity index (χ0n) is 21.7. The van der Waals surface area contributed by atoms with Crippen molar-refractivity contribution < 1.29 is 26.7 Å². The molecule has 1 N–H and O–H groups in total. The van der Waals surface area contributed by atoms with Crippen molar-refractivity contribution in [3.63, 3.8) is 0 Å². The molecule has 1 aromatic heterocycles. The first kappa shape index (κ1) is 29.4. The number of nitrogens with zero attached hydrogens (tertiary/aromatic N) is 2. The SMILES string of the molecule is COc1ccc(CN(c2cccc(F)n2)S(=O)(=O)c2cc(Cl)c(NC(C)c3ccccc3Cl)cc2F)c(OC)c1. The molecule has 1 unspecified atom stereocenters. The lowest BCUT2D eigenvalue weighted by Crippen LogP contribution is -2.32. The molecule has 1 heterocycles. The van der Waals surface area contributed by atoms with Crippen LogP contribution in [0.5, 0.6) is 11.5 Å². The Labute approximate surface area is 241 Å². The molecule has 0 amide bonds. The number of anilines is 2. The number of pyridine rings is 1. The van der Waals surface area contributed by atoms with Crippen molar-refractivity contribution in [3.05, 3.63) is 106 Å². The van der Waals surface area contributed by atoms with E-state index in [1.807, 2.05) is 6.07 Å². The molecule has 4 rings (SSSR count). The molecule has 0 aliphatic carbocycles. The molecule has 1 atom stereocenters. The Morgan fingerprint density at radius 2 is 1.70 bits per heavy atom. The summed E-state index contributed by atoms with van der Waals surface area (Å²) in [7, 11) is -1.77. The first-order valence-corrected chi connectivity index (χ1v) is 14.1. The summed E-state index contributed by atoms with van der Waals surface area (Å²) in [6.45, 7) is 1.45. The average molecular weight is 608 g/mol. The maximum absolute atomic E-state index is 15.5. The van der Waals surface area contributed by atoms with E-state index in [2.05, 4.69) is 10.3 Å². The van der Waals surface area contributed by atoms with Gasteiger partial charge in [-0.1, -0.05) is 47.5 Å². The molecule has 4 aromatic rings. The number of halogens is 4. The quantitative estimate of drug-likeness (QED) is 0.191. The van der Waals surface area contributed by atoms with Crippen molar-refractivity contribution in [2.24, 2.45) is 0 Å². The number of rotatable bonds is 10. The van der Waals surface area contributed by atoms with Crippen molar-refractivity contribution >= 4 is 44.7 Å². The predicted molar refractivity (Wildman–Crippen MR) is 152 cm³/mol. The van der Waals surface area contributed by atoms with Gasteiger partial charge >= 0.3 is 0 Å². The van der Waals surface area contributed by atoms with Crippen LogP contribution in [0.3, 0.4) is 0 Å². The van der Waals surface area contributed by atoms with E-state index in [1.165, 1.54) is 26.4 Å². The summed E-state index contributed by atoms with van der Waals surface area (Å²) in [6, 6.07) is 17.2. The first-order valence-electron chi connectivity index (χ1n) is 11.9. The third-order valence-corrected chi connectivity index (χ3v) is 8.52. The van der Waals surface area contributed by atoms with Gasteiger partial charge in [-0.05, 0) is 55.0 Å². The molecular formula is C28H25Cl2F2N3O4S. The molecule has 210 valence electrons. The molecule has 0 saturated heterocycles. The van der Waals surface area contributed by atoms with E-state index in [9.17, 15) is 12.8 Å². The fraction of sp³-hybridized carbons (Fsp3) is 0.179. The molecule has 0 bridgehead atoms. The van der Waals surface area contributed by atoms with Gasteiger partial charge in [0.2, 0.25) is 5.95 Å². The number of aromatic nitrogens is 1. The van der Waals surface area contributed by atoms with Crippen molar-refractivity contribution in [1.82, 2.24) is 4.98 Å². The molecule has 0 aliphatic heterocycles. The van der Waals surface area contributed by atoms with Gasteiger partial charge in [0.1, 0.15) is 28.0 Å². The topological polar surface area (TPSA) is 80.8 Å². The van der Waals surface area contributed by atoms with Crippen LogP contribution >= 0.6 is 23.2 Å². The molecule has 0 spiro atoms. The summed E-state index contributed by atoms with van der Waals surface area (Å²) < 4.78 is 68.8. The number of nitrogens with one attached hydrogen (secondary N) is 1. The van der Waals surface area contributed by atoms with Crippen LogP contribution in [0.4, 0.5) is 20.3 Å². The van der Waals surface area contributed by atoms with Crippen molar-refractivity contribution in [2.45, 2.75) is 24.4 Å². The Kier molecular flexibility index (Phi) is 9.02. The van der Waals surface area contributed by atoms with Crippen LogP contribution in [-0.2, 0) is 16.6 Å². The standard InChI is InChI=1S/C28H25Cl2F2N3O4S/c1-17(20-7-4-5-8-21(20)29)33-24-15-23(31)26(14-22(24)30)40(36,37)35(28-10-6-9-27(32)34-28)16-18-11-12-19(38-2)13-25(18)39-3/h4-15,17,33H,16H2,1-3H3. The summed E-state index contributed by atoms with van der Waals surface area (Å²) in [5, 5.41) is 3.52. The fourth-order valence-corrected chi connectivity index (χ4v) is 6.10. The Morgan fingerprint density at radius 1 is 0.950 bits per heavy atom. The molecule has 3 aromatic carbocycles. The summed E-state index contributed by atoms with van der Waals surface area (Å²) in [4.78, 5) is 3.02. The van der Waals surface area contributed by atoms with Crippen molar-refractivity contribution in [2.75, 3.05) is 23.8 Å². The van der Waals surface area contributed by atoms with E-state index < -0.39 is 26.7 Å². The van der Waals surface area contributed by atoms with E-state index in [1.54, 1.807) is 43.3 Å². The predicted octanol–water partition coefficient (Wildman–Crippen LogP) is 7.25. The van der Waals surface area contributed by atoms with Crippen LogP contribution in [0.15, 0.2) is 77.7 Å². The van der Waals surface area contributed by atoms with Crippen LogP contribution in [0.25, 0.3) is 0 Å². The van der Waals surface area contributed by atoms with Crippen molar-refractivity contribution in [3.8, 4) is 11.5 Å². The Bertz CT molecular complexity index is 1640. The number of hydrogen-bond acceptors (Lipinski definition) is 6. The first-order chi connectivity index (χ1) is 19.0. The zero-order valence-corrected chi connectivity index (χ0v) is 24.0. The molecule has 7 nitrogen and oxygen atoms in total. The minimum Gasteiger partial charge on any atom is -0.497 e. The highest BCUT2D eigenvalue weighted by Gasteiger charge is 2.31. The van der Waals surface area contributed by atoms with Gasteiger partial charge in [0.15, 0.2) is 0 Å². The normalized spacial score (nSPS) is 12.1. The second kappa shape index (κ2) is 12.3. The molecule has 0 fully saturated rings. The van der Waals surface area contributed by atoms with E-state index in [-0.39, 0.29) is 29.1 Å². The van der Waals surface area contributed by atoms with Gasteiger partial charge in [-0.15, -0.1) is 0 Å². The maximum Gasteiger partial charge on any atom is 0.268 e. The van der Waals surface area contributed by atoms with Crippen LogP contribution in [-0.4, -0.2) is 27.6 Å². The summed E-state index contributed by atoms with van der Waals surface area (Å²) in [5.41, 5.74) is 1.31. The Hall–Kier alpha value is -3.60. The van der Waals surface area contributed by atoms with Gasteiger partial charge in [-0.25, -0.2) is 22.1 Å². The fourth-order valence-electron chi connectivity index (χ4n) is 4.06. The summed E-state index contributed by atoms with van der Waals surface area (Å²) in [5.74, 6) is -1.45. The highest BCUT2D eigenvalue weighted by atomic mass is 35.5. The monoisotopic (exact) mass is 607 g/mol. The van der Waals surface area contributed by atoms with Crippen LogP contribution in [0.2, 0.25) is 10.0 Å². The van der Waals surface area contributed by atoms with E-state index in [4.69, 9.17) is 32.7 Å². The largest absolute Gasteiger partial charge is 0.497 e. The Morgan fingerprint density at radius 3 is 2.38 bits per heavy atom. The van der Waals surface area contributed by atoms with Gasteiger partial charge in [-0.3, -0.25) is 0 Å². The molecular weight excluding hydrogens is 583 g/mol. The van der Waals surface area contributed by atoms with Crippen molar-refractivity contribution in [1.29, 1.82) is 0 Å². The molecule has 12 heteroatoms. The third kappa shape index (κ3) is 6.24. The van der Waals surface area contributed by atoms with Crippen LogP contribution in [0, 0.1) is 11.8 Å². The lowest BCUT2D eigenvalue weighted by atomic mass is 10.1. The highest BCUT2D eigenvalue weighted by molar-refractivity contribution is 7.92. The number of sulfonamides is 1. The maximum atomic E-state index is 15.5. The van der Waals surface area contributed by atoms with Gasteiger partial charge in [0, 0.05) is 16.7 Å². The average Bonchev–Trinajstić information content (AvgIpc) is 2.93. The number of hydrogen-bond donors (Lipinski definition) is 1. The summed E-state index contributed by atoms with van der Waals surface area (Å²) >= 11 is 12.7. The Balaban J connectivity index is 1.75. The van der Waals surface area contributed by atoms with E-state index in [0.29, 0.717) is 22.1 Å². The van der Waals surface area contributed by atoms with Gasteiger partial charge in [0.25, 0.3) is 10.0 Å². The van der Waals surface area contributed by atoms with E-state index in [0.717, 1.165) is 28.1 Å². The smallest absolute Gasteiger partial charge is 0.268 e. The molecule has 0 radical (unpaired) electrons. The minimum atomic E-state index is -4.66. The van der Waals surface area contributed by atoms with Crippen LogP contribution in [0.1, 0.15) is 24.1 Å². The second-order valence-corrected chi connectivity index (χ2v) is 11.3. The second-order valence-electron chi connectivity index (χ2n) is 8.66. The van der Waals surface area contributed by atoms with Gasteiger partial charge in [0.05, 0.1) is 37.5 Å².